The van der Waals surface area contributed by atoms with Crippen molar-refractivity contribution in [2.75, 3.05) is 0 Å². The van der Waals surface area contributed by atoms with E-state index in [4.69, 9.17) is 4.74 Å². The van der Waals surface area contributed by atoms with Crippen molar-refractivity contribution in [1.29, 1.82) is 0 Å². The van der Waals surface area contributed by atoms with Crippen LogP contribution in [0.4, 0.5) is 0 Å². The van der Waals surface area contributed by atoms with Gasteiger partial charge < -0.3 is 10.1 Å². The van der Waals surface area contributed by atoms with E-state index in [2.05, 4.69) is 20.3 Å². The van der Waals surface area contributed by atoms with Crippen molar-refractivity contribution in [1.82, 2.24) is 20.3 Å². The summed E-state index contributed by atoms with van der Waals surface area (Å²) in [6.45, 7) is 4.08. The zero-order valence-corrected chi connectivity index (χ0v) is 14.1. The molecule has 0 saturated heterocycles. The zero-order valence-electron chi connectivity index (χ0n) is 13.3. The van der Waals surface area contributed by atoms with Gasteiger partial charge in [0.1, 0.15) is 11.4 Å². The third-order valence-electron chi connectivity index (χ3n) is 3.24. The van der Waals surface area contributed by atoms with Gasteiger partial charge in [-0.2, -0.15) is 0 Å². The van der Waals surface area contributed by atoms with Gasteiger partial charge >= 0.3 is 0 Å². The van der Waals surface area contributed by atoms with Crippen LogP contribution in [0.1, 0.15) is 26.8 Å². The van der Waals surface area contributed by atoms with Gasteiger partial charge in [-0.05, 0) is 32.0 Å². The molecule has 0 aliphatic carbocycles. The van der Waals surface area contributed by atoms with Crippen LogP contribution in [-0.4, -0.2) is 20.9 Å². The number of amides is 1. The average Bonchev–Trinajstić information content (AvgIpc) is 3.02. The Hall–Kier alpha value is -2.80. The smallest absolute Gasteiger partial charge is 0.271 e. The highest BCUT2D eigenvalue weighted by molar-refractivity contribution is 7.09. The maximum Gasteiger partial charge on any atom is 0.271 e. The van der Waals surface area contributed by atoms with Gasteiger partial charge in [0.25, 0.3) is 5.91 Å². The van der Waals surface area contributed by atoms with Crippen LogP contribution in [-0.2, 0) is 6.54 Å². The molecule has 24 heavy (non-hydrogen) atoms. The Bertz CT molecular complexity index is 846. The summed E-state index contributed by atoms with van der Waals surface area (Å²) >= 11 is 1.44. The molecule has 122 valence electrons. The van der Waals surface area contributed by atoms with E-state index in [0.717, 1.165) is 16.3 Å². The number of ether oxygens (including phenoxy) is 1. The van der Waals surface area contributed by atoms with E-state index in [1.165, 1.54) is 11.3 Å². The maximum absolute atomic E-state index is 12.1. The number of pyridine rings is 2. The molecule has 1 N–H and O–H groups in total. The van der Waals surface area contributed by atoms with Gasteiger partial charge in [-0.3, -0.25) is 9.78 Å². The predicted molar refractivity (Wildman–Crippen MR) is 91.3 cm³/mol. The Labute approximate surface area is 143 Å². The predicted octanol–water partition coefficient (Wildman–Crippen LogP) is 3.27. The van der Waals surface area contributed by atoms with Gasteiger partial charge in [-0.1, -0.05) is 6.07 Å². The third-order valence-corrected chi connectivity index (χ3v) is 4.01. The number of nitrogens with one attached hydrogen (secondary N) is 1. The molecule has 3 rings (SSSR count). The lowest BCUT2D eigenvalue weighted by molar-refractivity contribution is 0.0946. The Balaban J connectivity index is 1.69. The number of aromatic nitrogens is 3. The molecule has 0 unspecified atom stereocenters. The van der Waals surface area contributed by atoms with E-state index >= 15 is 0 Å². The molecular weight excluding hydrogens is 324 g/mol. The minimum atomic E-state index is -0.217. The Morgan fingerprint density at radius 1 is 1.25 bits per heavy atom. The summed E-state index contributed by atoms with van der Waals surface area (Å²) in [6, 6.07) is 7.35. The van der Waals surface area contributed by atoms with Crippen molar-refractivity contribution < 1.29 is 9.53 Å². The average molecular weight is 340 g/mol. The standard InChI is InChI=1S/C17H16N4O2S/c1-11-5-6-14(9-19-11)23-17-13(4-3-7-18-17)8-20-16(22)15-10-24-12(2)21-15/h3-7,9-10H,8H2,1-2H3,(H,20,22). The number of carbonyl (C=O) groups is 1. The summed E-state index contributed by atoms with van der Waals surface area (Å²) in [4.78, 5) is 24.7. The fraction of sp³-hybridized carbons (Fsp3) is 0.176. The lowest BCUT2D eigenvalue weighted by atomic mass is 10.2. The van der Waals surface area contributed by atoms with Crippen LogP contribution in [0.25, 0.3) is 0 Å². The number of rotatable bonds is 5. The molecule has 0 radical (unpaired) electrons. The van der Waals surface area contributed by atoms with Crippen molar-refractivity contribution in [2.24, 2.45) is 0 Å². The second-order valence-electron chi connectivity index (χ2n) is 5.14. The SMILES string of the molecule is Cc1ccc(Oc2ncccc2CNC(=O)c2csc(C)n2)cn1. The molecule has 0 saturated carbocycles. The molecule has 0 spiro atoms. The molecule has 0 aliphatic heterocycles. The minimum Gasteiger partial charge on any atom is -0.437 e. The molecule has 7 heteroatoms. The van der Waals surface area contributed by atoms with Gasteiger partial charge in [-0.15, -0.1) is 11.3 Å². The van der Waals surface area contributed by atoms with Crippen molar-refractivity contribution in [3.05, 3.63) is 64.0 Å². The van der Waals surface area contributed by atoms with E-state index < -0.39 is 0 Å². The third kappa shape index (κ3) is 3.94. The van der Waals surface area contributed by atoms with Gasteiger partial charge in [0.15, 0.2) is 0 Å². The summed E-state index contributed by atoms with van der Waals surface area (Å²) in [7, 11) is 0. The molecule has 0 fully saturated rings. The van der Waals surface area contributed by atoms with Crippen LogP contribution in [0.15, 0.2) is 42.0 Å². The summed E-state index contributed by atoms with van der Waals surface area (Å²) in [5, 5.41) is 5.43. The first-order chi connectivity index (χ1) is 11.6. The number of nitrogens with zero attached hydrogens (tertiary/aromatic N) is 3. The first-order valence-electron chi connectivity index (χ1n) is 7.36. The fourth-order valence-corrected chi connectivity index (χ4v) is 2.60. The molecular formula is C17H16N4O2S. The van der Waals surface area contributed by atoms with Crippen molar-refractivity contribution >= 4 is 17.2 Å². The van der Waals surface area contributed by atoms with Gasteiger partial charge in [0, 0.05) is 29.4 Å². The van der Waals surface area contributed by atoms with E-state index in [9.17, 15) is 4.79 Å². The van der Waals surface area contributed by atoms with Crippen molar-refractivity contribution in [3.63, 3.8) is 0 Å². The van der Waals surface area contributed by atoms with Crippen molar-refractivity contribution in [3.8, 4) is 11.6 Å². The number of aryl methyl sites for hydroxylation is 2. The van der Waals surface area contributed by atoms with Gasteiger partial charge in [0.05, 0.1) is 11.2 Å². The van der Waals surface area contributed by atoms with Crippen LogP contribution in [0, 0.1) is 13.8 Å². The highest BCUT2D eigenvalue weighted by atomic mass is 32.1. The molecule has 0 aromatic carbocycles. The topological polar surface area (TPSA) is 77.0 Å². The number of carbonyl (C=O) groups excluding carboxylic acids is 1. The molecule has 3 aromatic heterocycles. The fourth-order valence-electron chi connectivity index (χ4n) is 2.01. The first-order valence-corrected chi connectivity index (χ1v) is 8.24. The molecule has 0 atom stereocenters. The monoisotopic (exact) mass is 340 g/mol. The van der Waals surface area contributed by atoms with Crippen molar-refractivity contribution in [2.45, 2.75) is 20.4 Å². The Morgan fingerprint density at radius 2 is 2.12 bits per heavy atom. The summed E-state index contributed by atoms with van der Waals surface area (Å²) in [6.07, 6.45) is 3.29. The van der Waals surface area contributed by atoms with E-state index in [0.29, 0.717) is 23.9 Å². The van der Waals surface area contributed by atoms with Crippen LogP contribution in [0.2, 0.25) is 0 Å². The van der Waals surface area contributed by atoms with Crippen LogP contribution in [0.5, 0.6) is 11.6 Å². The van der Waals surface area contributed by atoms with Crippen LogP contribution in [0.3, 0.4) is 0 Å². The van der Waals surface area contributed by atoms with Crippen LogP contribution >= 0.6 is 11.3 Å². The summed E-state index contributed by atoms with van der Waals surface area (Å²) in [5.41, 5.74) is 2.11. The largest absolute Gasteiger partial charge is 0.437 e. The van der Waals surface area contributed by atoms with Gasteiger partial charge in [0.2, 0.25) is 5.88 Å². The van der Waals surface area contributed by atoms with E-state index in [-0.39, 0.29) is 5.91 Å². The number of thiazole rings is 1. The van der Waals surface area contributed by atoms with E-state index in [1.807, 2.05) is 32.0 Å². The summed E-state index contributed by atoms with van der Waals surface area (Å²) < 4.78 is 5.77. The minimum absolute atomic E-state index is 0.217. The Morgan fingerprint density at radius 3 is 2.83 bits per heavy atom. The summed E-state index contributed by atoms with van der Waals surface area (Å²) in [5.74, 6) is 0.825. The van der Waals surface area contributed by atoms with E-state index in [1.54, 1.807) is 23.8 Å². The normalized spacial score (nSPS) is 10.4. The molecule has 0 bridgehead atoms. The second kappa shape index (κ2) is 7.18. The molecule has 3 aromatic rings. The highest BCUT2D eigenvalue weighted by Gasteiger charge is 2.11. The molecule has 1 amide bonds. The molecule has 6 nitrogen and oxygen atoms in total. The number of hydrogen-bond donors (Lipinski definition) is 1. The second-order valence-corrected chi connectivity index (χ2v) is 6.20. The lowest BCUT2D eigenvalue weighted by Gasteiger charge is -2.10. The highest BCUT2D eigenvalue weighted by Crippen LogP contribution is 2.22. The maximum atomic E-state index is 12.1. The number of hydrogen-bond acceptors (Lipinski definition) is 6. The molecule has 3 heterocycles. The van der Waals surface area contributed by atoms with Gasteiger partial charge in [-0.25, -0.2) is 9.97 Å². The van der Waals surface area contributed by atoms with Crippen LogP contribution < -0.4 is 10.1 Å². The molecule has 0 aliphatic rings. The quantitative estimate of drug-likeness (QED) is 0.771. The first kappa shape index (κ1) is 16.1. The Kier molecular flexibility index (Phi) is 4.81. The zero-order chi connectivity index (χ0) is 16.9. The lowest BCUT2D eigenvalue weighted by Crippen LogP contribution is -2.23.